The Morgan fingerprint density at radius 2 is 1.86 bits per heavy atom. The van der Waals surface area contributed by atoms with Gasteiger partial charge in [0.05, 0.1) is 23.9 Å². The van der Waals surface area contributed by atoms with Crippen LogP contribution in [0.5, 0.6) is 0 Å². The van der Waals surface area contributed by atoms with Crippen LogP contribution in [0.25, 0.3) is 11.0 Å². The molecule has 0 unspecified atom stereocenters. The van der Waals surface area contributed by atoms with E-state index < -0.39 is 0 Å². The highest BCUT2D eigenvalue weighted by atomic mass is 32.1. The Balaban J connectivity index is 1.72. The Morgan fingerprint density at radius 1 is 1.10 bits per heavy atom. The highest BCUT2D eigenvalue weighted by Crippen LogP contribution is 2.20. The fourth-order valence-corrected chi connectivity index (χ4v) is 3.22. The molecule has 0 aliphatic rings. The summed E-state index contributed by atoms with van der Waals surface area (Å²) in [7, 11) is 0. The molecular formula is C17H21N3S. The molecule has 3 aromatic rings. The normalized spacial score (nSPS) is 12.1. The Kier molecular flexibility index (Phi) is 3.83. The molecule has 1 aromatic carbocycles. The number of para-hydroxylation sites is 2. The zero-order valence-corrected chi connectivity index (χ0v) is 13.6. The number of nitrogens with zero attached hydrogens (tertiary/aromatic N) is 2. The van der Waals surface area contributed by atoms with Crippen molar-refractivity contribution in [3.63, 3.8) is 0 Å². The quantitative estimate of drug-likeness (QED) is 0.788. The number of rotatable bonds is 4. The summed E-state index contributed by atoms with van der Waals surface area (Å²) in [4.78, 5) is 7.19. The molecule has 0 saturated heterocycles. The van der Waals surface area contributed by atoms with Crippen LogP contribution in [0.2, 0.25) is 0 Å². The van der Waals surface area contributed by atoms with Crippen molar-refractivity contribution in [1.29, 1.82) is 0 Å². The minimum atomic E-state index is 0.157. The highest BCUT2D eigenvalue weighted by molar-refractivity contribution is 7.11. The number of fused-ring (bicyclic) bond motifs is 1. The maximum Gasteiger partial charge on any atom is 0.0961 e. The van der Waals surface area contributed by atoms with Crippen LogP contribution in [0.1, 0.15) is 30.5 Å². The second kappa shape index (κ2) is 5.62. The number of nitrogens with one attached hydrogen (secondary N) is 1. The summed E-state index contributed by atoms with van der Waals surface area (Å²) in [5.41, 5.74) is 2.41. The maximum atomic E-state index is 4.45. The van der Waals surface area contributed by atoms with Crippen molar-refractivity contribution >= 4 is 22.4 Å². The van der Waals surface area contributed by atoms with E-state index in [0.717, 1.165) is 18.6 Å². The summed E-state index contributed by atoms with van der Waals surface area (Å²) >= 11 is 1.87. The van der Waals surface area contributed by atoms with Crippen molar-refractivity contribution in [3.8, 4) is 0 Å². The lowest BCUT2D eigenvalue weighted by atomic mass is 10.1. The van der Waals surface area contributed by atoms with Gasteiger partial charge in [0.1, 0.15) is 0 Å². The van der Waals surface area contributed by atoms with Gasteiger partial charge in [0, 0.05) is 21.8 Å². The molecule has 0 bridgehead atoms. The van der Waals surface area contributed by atoms with Crippen LogP contribution < -0.4 is 5.32 Å². The molecule has 3 rings (SSSR count). The third kappa shape index (κ3) is 3.52. The van der Waals surface area contributed by atoms with E-state index in [1.54, 1.807) is 0 Å². The number of imidazole rings is 1. The second-order valence-corrected chi connectivity index (χ2v) is 7.59. The number of thiophene rings is 1. The van der Waals surface area contributed by atoms with Gasteiger partial charge >= 0.3 is 0 Å². The third-order valence-corrected chi connectivity index (χ3v) is 4.43. The number of aromatic nitrogens is 2. The monoisotopic (exact) mass is 299 g/mol. The van der Waals surface area contributed by atoms with E-state index in [9.17, 15) is 0 Å². The minimum absolute atomic E-state index is 0.157. The van der Waals surface area contributed by atoms with Gasteiger partial charge in [-0.1, -0.05) is 12.1 Å². The molecular weight excluding hydrogens is 278 g/mol. The van der Waals surface area contributed by atoms with E-state index in [4.69, 9.17) is 0 Å². The van der Waals surface area contributed by atoms with Crippen LogP contribution in [0.3, 0.4) is 0 Å². The molecule has 110 valence electrons. The topological polar surface area (TPSA) is 29.9 Å². The van der Waals surface area contributed by atoms with Crippen molar-refractivity contribution in [3.05, 3.63) is 52.5 Å². The molecule has 3 nitrogen and oxygen atoms in total. The smallest absolute Gasteiger partial charge is 0.0961 e. The summed E-state index contributed by atoms with van der Waals surface area (Å²) in [6, 6.07) is 12.7. The van der Waals surface area contributed by atoms with Gasteiger partial charge < -0.3 is 9.88 Å². The predicted octanol–water partition coefficient (Wildman–Crippen LogP) is 4.03. The summed E-state index contributed by atoms with van der Waals surface area (Å²) < 4.78 is 2.21. The predicted molar refractivity (Wildman–Crippen MR) is 89.7 cm³/mol. The zero-order valence-electron chi connectivity index (χ0n) is 12.8. The molecule has 0 atom stereocenters. The summed E-state index contributed by atoms with van der Waals surface area (Å²) in [6.07, 6.45) is 1.93. The van der Waals surface area contributed by atoms with Crippen LogP contribution in [0.4, 0.5) is 0 Å². The first kappa shape index (κ1) is 14.3. The summed E-state index contributed by atoms with van der Waals surface area (Å²) in [6.45, 7) is 8.40. The highest BCUT2D eigenvalue weighted by Gasteiger charge is 2.10. The summed E-state index contributed by atoms with van der Waals surface area (Å²) in [5, 5.41) is 3.53. The van der Waals surface area contributed by atoms with Crippen LogP contribution in [-0.4, -0.2) is 15.1 Å². The van der Waals surface area contributed by atoms with Crippen LogP contribution >= 0.6 is 11.3 Å². The molecule has 0 saturated carbocycles. The molecule has 0 spiro atoms. The van der Waals surface area contributed by atoms with Crippen LogP contribution in [0, 0.1) is 0 Å². The van der Waals surface area contributed by atoms with E-state index >= 15 is 0 Å². The fraction of sp³-hybridized carbons (Fsp3) is 0.353. The average molecular weight is 299 g/mol. The van der Waals surface area contributed by atoms with Crippen LogP contribution in [0.15, 0.2) is 42.7 Å². The number of benzene rings is 1. The first-order chi connectivity index (χ1) is 10.0. The molecule has 2 heterocycles. The lowest BCUT2D eigenvalue weighted by Gasteiger charge is -2.19. The van der Waals surface area contributed by atoms with Gasteiger partial charge in [-0.3, -0.25) is 0 Å². The van der Waals surface area contributed by atoms with Crippen molar-refractivity contribution in [1.82, 2.24) is 14.9 Å². The van der Waals surface area contributed by atoms with E-state index in [2.05, 4.69) is 66.0 Å². The van der Waals surface area contributed by atoms with Gasteiger partial charge in [-0.15, -0.1) is 11.3 Å². The van der Waals surface area contributed by atoms with E-state index in [1.807, 2.05) is 23.7 Å². The Morgan fingerprint density at radius 3 is 2.67 bits per heavy atom. The summed E-state index contributed by atoms with van der Waals surface area (Å²) in [5.74, 6) is 0. The van der Waals surface area contributed by atoms with Crippen molar-refractivity contribution < 1.29 is 0 Å². The lowest BCUT2D eigenvalue weighted by molar-refractivity contribution is 0.426. The lowest BCUT2D eigenvalue weighted by Crippen LogP contribution is -2.34. The first-order valence-corrected chi connectivity index (χ1v) is 8.05. The minimum Gasteiger partial charge on any atom is -0.325 e. The fourth-order valence-electron chi connectivity index (χ4n) is 2.26. The molecule has 0 fully saturated rings. The Labute approximate surface area is 129 Å². The number of hydrogen-bond donors (Lipinski definition) is 1. The van der Waals surface area contributed by atoms with Gasteiger partial charge in [-0.05, 0) is 45.0 Å². The molecule has 0 aliphatic carbocycles. The van der Waals surface area contributed by atoms with E-state index in [0.29, 0.717) is 0 Å². The third-order valence-electron chi connectivity index (χ3n) is 3.36. The molecule has 1 N–H and O–H groups in total. The maximum absolute atomic E-state index is 4.45. The average Bonchev–Trinajstić information content (AvgIpc) is 3.04. The van der Waals surface area contributed by atoms with Gasteiger partial charge in [-0.25, -0.2) is 4.98 Å². The van der Waals surface area contributed by atoms with Crippen LogP contribution in [-0.2, 0) is 13.1 Å². The molecule has 21 heavy (non-hydrogen) atoms. The van der Waals surface area contributed by atoms with Gasteiger partial charge in [0.2, 0.25) is 0 Å². The number of hydrogen-bond acceptors (Lipinski definition) is 3. The molecule has 0 aliphatic heterocycles. The standard InChI is InChI=1S/C17H21N3S/c1-17(2,3)19-10-13-8-9-14(21-13)11-20-12-18-15-6-4-5-7-16(15)20/h4-9,12,19H,10-11H2,1-3H3. The van der Waals surface area contributed by atoms with Crippen molar-refractivity contribution in [2.75, 3.05) is 0 Å². The van der Waals surface area contributed by atoms with Gasteiger partial charge in [-0.2, -0.15) is 0 Å². The van der Waals surface area contributed by atoms with E-state index in [1.165, 1.54) is 15.3 Å². The van der Waals surface area contributed by atoms with E-state index in [-0.39, 0.29) is 5.54 Å². The molecule has 2 aromatic heterocycles. The first-order valence-electron chi connectivity index (χ1n) is 7.24. The largest absolute Gasteiger partial charge is 0.325 e. The van der Waals surface area contributed by atoms with Gasteiger partial charge in [0.25, 0.3) is 0 Å². The van der Waals surface area contributed by atoms with Crippen molar-refractivity contribution in [2.45, 2.75) is 39.4 Å². The van der Waals surface area contributed by atoms with Gasteiger partial charge in [0.15, 0.2) is 0 Å². The van der Waals surface area contributed by atoms with Crippen molar-refractivity contribution in [2.24, 2.45) is 0 Å². The zero-order chi connectivity index (χ0) is 14.9. The molecule has 0 amide bonds. The molecule has 4 heteroatoms. The Hall–Kier alpha value is -1.65. The second-order valence-electron chi connectivity index (χ2n) is 6.33. The Bertz CT molecular complexity index is 734. The molecule has 0 radical (unpaired) electrons. The SMILES string of the molecule is CC(C)(C)NCc1ccc(Cn2cnc3ccccc32)s1.